The lowest BCUT2D eigenvalue weighted by molar-refractivity contribution is -0.123. The van der Waals surface area contributed by atoms with Crippen LogP contribution in [0.25, 0.3) is 0 Å². The molecule has 114 valence electrons. The number of carbonyl (C=O) groups excluding carboxylic acids is 1. The number of benzene rings is 1. The van der Waals surface area contributed by atoms with Gasteiger partial charge in [-0.25, -0.2) is 0 Å². The van der Waals surface area contributed by atoms with Crippen molar-refractivity contribution in [3.8, 4) is 5.75 Å². The Kier molecular flexibility index (Phi) is 10.8. The zero-order valence-corrected chi connectivity index (χ0v) is 12.8. The van der Waals surface area contributed by atoms with Crippen molar-refractivity contribution in [2.24, 2.45) is 0 Å². The van der Waals surface area contributed by atoms with Crippen molar-refractivity contribution in [2.75, 3.05) is 40.0 Å². The van der Waals surface area contributed by atoms with Gasteiger partial charge in [0.1, 0.15) is 5.75 Å². The predicted octanol–water partition coefficient (Wildman–Crippen LogP) is 1.15. The average molecular weight is 303 g/mol. The normalized spacial score (nSPS) is 9.70. The zero-order chi connectivity index (χ0) is 13.9. The van der Waals surface area contributed by atoms with E-state index in [4.69, 9.17) is 9.47 Å². The molecule has 2 N–H and O–H groups in total. The number of nitrogens with one attached hydrogen (secondary N) is 2. The highest BCUT2D eigenvalue weighted by Gasteiger charge is 2.01. The molecule has 0 saturated heterocycles. The van der Waals surface area contributed by atoms with Crippen LogP contribution in [0.5, 0.6) is 5.75 Å². The van der Waals surface area contributed by atoms with E-state index in [9.17, 15) is 4.79 Å². The van der Waals surface area contributed by atoms with Crippen LogP contribution in [0.15, 0.2) is 24.3 Å². The molecule has 0 atom stereocenters. The topological polar surface area (TPSA) is 59.6 Å². The largest absolute Gasteiger partial charge is 0.484 e. The molecule has 1 rings (SSSR count). The van der Waals surface area contributed by atoms with Crippen LogP contribution in [0.1, 0.15) is 5.56 Å². The molecule has 0 bridgehead atoms. The second-order valence-corrected chi connectivity index (χ2v) is 4.19. The maximum absolute atomic E-state index is 11.5. The summed E-state index contributed by atoms with van der Waals surface area (Å²) in [6, 6.07) is 7.61. The van der Waals surface area contributed by atoms with Gasteiger partial charge >= 0.3 is 0 Å². The van der Waals surface area contributed by atoms with Gasteiger partial charge in [0.15, 0.2) is 6.61 Å². The van der Waals surface area contributed by atoms with E-state index in [1.807, 2.05) is 31.2 Å². The van der Waals surface area contributed by atoms with Crippen LogP contribution in [-0.2, 0) is 9.53 Å². The maximum atomic E-state index is 11.5. The third kappa shape index (κ3) is 8.74. The van der Waals surface area contributed by atoms with E-state index in [2.05, 4.69) is 10.6 Å². The van der Waals surface area contributed by atoms with E-state index >= 15 is 0 Å². The van der Waals surface area contributed by atoms with Crippen LogP contribution in [0.4, 0.5) is 0 Å². The van der Waals surface area contributed by atoms with E-state index in [1.54, 1.807) is 7.11 Å². The van der Waals surface area contributed by atoms with Crippen LogP contribution in [-0.4, -0.2) is 45.9 Å². The average Bonchev–Trinajstić information content (AvgIpc) is 2.42. The van der Waals surface area contributed by atoms with Gasteiger partial charge in [0.2, 0.25) is 0 Å². The van der Waals surface area contributed by atoms with Crippen molar-refractivity contribution in [1.29, 1.82) is 0 Å². The first-order valence-electron chi connectivity index (χ1n) is 6.38. The lowest BCUT2D eigenvalue weighted by Gasteiger charge is -2.08. The fraction of sp³-hybridized carbons (Fsp3) is 0.500. The van der Waals surface area contributed by atoms with Gasteiger partial charge in [-0.2, -0.15) is 0 Å². The number of hydrogen-bond acceptors (Lipinski definition) is 4. The molecule has 0 radical (unpaired) electrons. The molecular formula is C14H23ClN2O3. The van der Waals surface area contributed by atoms with E-state index in [-0.39, 0.29) is 24.9 Å². The fourth-order valence-electron chi connectivity index (χ4n) is 1.42. The summed E-state index contributed by atoms with van der Waals surface area (Å²) in [5, 5.41) is 5.92. The molecule has 0 saturated carbocycles. The molecule has 0 heterocycles. The van der Waals surface area contributed by atoms with Crippen molar-refractivity contribution < 1.29 is 14.3 Å². The molecule has 0 unspecified atom stereocenters. The van der Waals surface area contributed by atoms with Gasteiger partial charge < -0.3 is 20.1 Å². The minimum Gasteiger partial charge on any atom is -0.484 e. The Morgan fingerprint density at radius 1 is 1.15 bits per heavy atom. The maximum Gasteiger partial charge on any atom is 0.257 e. The Morgan fingerprint density at radius 3 is 2.50 bits per heavy atom. The SMILES string of the molecule is COCCNCCNC(=O)COc1ccc(C)cc1.Cl. The summed E-state index contributed by atoms with van der Waals surface area (Å²) in [7, 11) is 1.66. The van der Waals surface area contributed by atoms with Gasteiger partial charge in [-0.3, -0.25) is 4.79 Å². The lowest BCUT2D eigenvalue weighted by atomic mass is 10.2. The molecule has 0 aliphatic rings. The fourth-order valence-corrected chi connectivity index (χ4v) is 1.42. The lowest BCUT2D eigenvalue weighted by Crippen LogP contribution is -2.35. The summed E-state index contributed by atoms with van der Waals surface area (Å²) in [4.78, 5) is 11.5. The quantitative estimate of drug-likeness (QED) is 0.672. The number of aryl methyl sites for hydroxylation is 1. The molecule has 1 aromatic carbocycles. The molecule has 20 heavy (non-hydrogen) atoms. The standard InChI is InChI=1S/C14H22N2O3.ClH/c1-12-3-5-13(6-4-12)19-11-14(17)16-8-7-15-9-10-18-2;/h3-6,15H,7-11H2,1-2H3,(H,16,17);1H. The van der Waals surface area contributed by atoms with Gasteiger partial charge in [0.25, 0.3) is 5.91 Å². The molecular weight excluding hydrogens is 280 g/mol. The summed E-state index contributed by atoms with van der Waals surface area (Å²) < 4.78 is 10.3. The molecule has 0 aliphatic carbocycles. The van der Waals surface area contributed by atoms with Gasteiger partial charge in [0.05, 0.1) is 6.61 Å². The number of rotatable bonds is 9. The van der Waals surface area contributed by atoms with Crippen molar-refractivity contribution >= 4 is 18.3 Å². The van der Waals surface area contributed by atoms with Crippen LogP contribution in [0.3, 0.4) is 0 Å². The summed E-state index contributed by atoms with van der Waals surface area (Å²) in [5.41, 5.74) is 1.17. The molecule has 0 aromatic heterocycles. The van der Waals surface area contributed by atoms with E-state index in [0.717, 1.165) is 13.1 Å². The van der Waals surface area contributed by atoms with Gasteiger partial charge in [-0.15, -0.1) is 12.4 Å². The monoisotopic (exact) mass is 302 g/mol. The number of amides is 1. The molecule has 1 aromatic rings. The van der Waals surface area contributed by atoms with E-state index in [1.165, 1.54) is 5.56 Å². The highest BCUT2D eigenvalue weighted by atomic mass is 35.5. The molecule has 5 nitrogen and oxygen atoms in total. The number of carbonyl (C=O) groups is 1. The summed E-state index contributed by atoms with van der Waals surface area (Å²) in [5.74, 6) is 0.591. The van der Waals surface area contributed by atoms with E-state index in [0.29, 0.717) is 18.9 Å². The Bertz CT molecular complexity index is 371. The summed E-state index contributed by atoms with van der Waals surface area (Å²) >= 11 is 0. The minimum atomic E-state index is -0.117. The minimum absolute atomic E-state index is 0. The smallest absolute Gasteiger partial charge is 0.257 e. The molecule has 0 fully saturated rings. The number of halogens is 1. The third-order valence-corrected chi connectivity index (χ3v) is 2.50. The van der Waals surface area contributed by atoms with Crippen molar-refractivity contribution in [3.63, 3.8) is 0 Å². The van der Waals surface area contributed by atoms with Crippen molar-refractivity contribution in [1.82, 2.24) is 10.6 Å². The molecule has 0 aliphatic heterocycles. The van der Waals surface area contributed by atoms with Crippen molar-refractivity contribution in [3.05, 3.63) is 29.8 Å². The summed E-state index contributed by atoms with van der Waals surface area (Å²) in [6.45, 7) is 4.81. The van der Waals surface area contributed by atoms with Gasteiger partial charge in [-0.1, -0.05) is 17.7 Å². The number of ether oxygens (including phenoxy) is 2. The number of methoxy groups -OCH3 is 1. The second-order valence-electron chi connectivity index (χ2n) is 4.19. The van der Waals surface area contributed by atoms with Gasteiger partial charge in [-0.05, 0) is 19.1 Å². The van der Waals surface area contributed by atoms with Crippen molar-refractivity contribution in [2.45, 2.75) is 6.92 Å². The predicted molar refractivity (Wildman–Crippen MR) is 81.7 cm³/mol. The first kappa shape index (κ1) is 18.7. The van der Waals surface area contributed by atoms with E-state index < -0.39 is 0 Å². The van der Waals surface area contributed by atoms with Crippen LogP contribution < -0.4 is 15.4 Å². The third-order valence-electron chi connectivity index (χ3n) is 2.50. The molecule has 1 amide bonds. The molecule has 0 spiro atoms. The van der Waals surface area contributed by atoms with Gasteiger partial charge in [0, 0.05) is 26.7 Å². The summed E-state index contributed by atoms with van der Waals surface area (Å²) in [6.07, 6.45) is 0. The number of hydrogen-bond donors (Lipinski definition) is 2. The first-order chi connectivity index (χ1) is 9.22. The Hall–Kier alpha value is -1.30. The zero-order valence-electron chi connectivity index (χ0n) is 12.0. The Balaban J connectivity index is 0.00000361. The Labute approximate surface area is 126 Å². The molecule has 6 heteroatoms. The highest BCUT2D eigenvalue weighted by Crippen LogP contribution is 2.10. The van der Waals surface area contributed by atoms with Crippen LogP contribution in [0, 0.1) is 6.92 Å². The van der Waals surface area contributed by atoms with Crippen LogP contribution >= 0.6 is 12.4 Å². The first-order valence-corrected chi connectivity index (χ1v) is 6.38. The second kappa shape index (κ2) is 11.5. The highest BCUT2D eigenvalue weighted by molar-refractivity contribution is 5.85. The van der Waals surface area contributed by atoms with Crippen LogP contribution in [0.2, 0.25) is 0 Å². The Morgan fingerprint density at radius 2 is 1.85 bits per heavy atom.